The van der Waals surface area contributed by atoms with Crippen LogP contribution in [0.5, 0.6) is 0 Å². The second-order valence-electron chi connectivity index (χ2n) is 5.32. The minimum Gasteiger partial charge on any atom is -0.394 e. The Balaban J connectivity index is 2.20. The van der Waals surface area contributed by atoms with Crippen LogP contribution in [0, 0.1) is 0 Å². The van der Waals surface area contributed by atoms with E-state index in [-0.39, 0.29) is 0 Å². The van der Waals surface area contributed by atoms with Crippen molar-refractivity contribution in [3.8, 4) is 0 Å². The molecule has 0 unspecified atom stereocenters. The second kappa shape index (κ2) is 4.82. The molecule has 108 valence electrons. The fraction of sp³-hybridized carbons (Fsp3) is 0.500. The molecule has 0 fully saturated rings. The summed E-state index contributed by atoms with van der Waals surface area (Å²) < 4.78 is 9.35. The highest BCUT2D eigenvalue weighted by atomic mass is 16.6. The highest BCUT2D eigenvalue weighted by molar-refractivity contribution is 5.85. The Bertz CT molecular complexity index is 652. The van der Waals surface area contributed by atoms with Crippen LogP contribution < -0.4 is 4.57 Å². The van der Waals surface area contributed by atoms with Crippen molar-refractivity contribution in [2.24, 2.45) is 14.1 Å². The van der Waals surface area contributed by atoms with E-state index in [4.69, 9.17) is 9.84 Å². The lowest BCUT2D eigenvalue weighted by Crippen LogP contribution is -2.38. The third kappa shape index (κ3) is 1.92. The molecule has 0 saturated carbocycles. The molecule has 6 heteroatoms. The topological polar surface area (TPSA) is 78.7 Å². The predicted octanol–water partition coefficient (Wildman–Crippen LogP) is -0.712. The van der Waals surface area contributed by atoms with Crippen LogP contribution in [-0.4, -0.2) is 38.7 Å². The van der Waals surface area contributed by atoms with Gasteiger partial charge in [-0.25, -0.2) is 4.57 Å². The summed E-state index contributed by atoms with van der Waals surface area (Å²) in [5, 5.41) is 30.2. The van der Waals surface area contributed by atoms with Gasteiger partial charge in [0, 0.05) is 25.7 Å². The van der Waals surface area contributed by atoms with E-state index in [1.54, 1.807) is 0 Å². The number of pyridine rings is 1. The molecule has 20 heavy (non-hydrogen) atoms. The molecule has 3 atom stereocenters. The van der Waals surface area contributed by atoms with Crippen molar-refractivity contribution < 1.29 is 24.6 Å². The lowest BCUT2D eigenvalue weighted by Gasteiger charge is -2.21. The van der Waals surface area contributed by atoms with E-state index in [1.807, 2.05) is 41.7 Å². The summed E-state index contributed by atoms with van der Waals surface area (Å²) in [5.74, 6) is 0. The molecule has 0 aliphatic carbocycles. The maximum absolute atomic E-state index is 10.3. The van der Waals surface area contributed by atoms with Gasteiger partial charge in [-0.1, -0.05) is 0 Å². The zero-order valence-electron chi connectivity index (χ0n) is 11.5. The molecular formula is C14H19N2O4+. The molecule has 3 heterocycles. The fourth-order valence-electron chi connectivity index (χ4n) is 2.94. The van der Waals surface area contributed by atoms with Gasteiger partial charge in [-0.2, -0.15) is 0 Å². The van der Waals surface area contributed by atoms with Crippen molar-refractivity contribution in [3.05, 3.63) is 29.7 Å². The number of rotatable bonds is 2. The van der Waals surface area contributed by atoms with Gasteiger partial charge in [0.05, 0.1) is 23.6 Å². The summed E-state index contributed by atoms with van der Waals surface area (Å²) in [6.45, 7) is -0.393. The van der Waals surface area contributed by atoms with Gasteiger partial charge in [0.25, 0.3) is 0 Å². The Morgan fingerprint density at radius 2 is 2.30 bits per heavy atom. The molecule has 0 saturated heterocycles. The molecule has 0 bridgehead atoms. The van der Waals surface area contributed by atoms with Crippen LogP contribution in [0.4, 0.5) is 0 Å². The van der Waals surface area contributed by atoms with Gasteiger partial charge in [-0.05, 0) is 5.56 Å². The maximum atomic E-state index is 10.3. The van der Waals surface area contributed by atoms with E-state index in [2.05, 4.69) is 0 Å². The Morgan fingerprint density at radius 3 is 3.00 bits per heavy atom. The zero-order chi connectivity index (χ0) is 14.4. The van der Waals surface area contributed by atoms with Crippen molar-refractivity contribution >= 4 is 10.9 Å². The first-order valence-electron chi connectivity index (χ1n) is 6.61. The minimum atomic E-state index is -1.13. The molecule has 0 spiro atoms. The fourth-order valence-corrected chi connectivity index (χ4v) is 2.94. The van der Waals surface area contributed by atoms with Crippen LogP contribution in [0.1, 0.15) is 17.5 Å². The number of ether oxygens (including phenoxy) is 1. The van der Waals surface area contributed by atoms with Crippen LogP contribution in [0.3, 0.4) is 0 Å². The number of nitrogens with zero attached hydrogens (tertiary/aromatic N) is 2. The molecule has 1 aliphatic rings. The normalized spacial score (nSPS) is 23.9. The first-order chi connectivity index (χ1) is 9.52. The molecule has 6 nitrogen and oxygen atoms in total. The predicted molar refractivity (Wildman–Crippen MR) is 70.7 cm³/mol. The molecule has 2 aromatic heterocycles. The second-order valence-corrected chi connectivity index (χ2v) is 5.32. The lowest BCUT2D eigenvalue weighted by atomic mass is 10.0. The third-order valence-electron chi connectivity index (χ3n) is 3.97. The van der Waals surface area contributed by atoms with Crippen LogP contribution >= 0.6 is 0 Å². The molecule has 3 N–H and O–H groups in total. The van der Waals surface area contributed by atoms with Crippen LogP contribution in [-0.2, 0) is 25.3 Å². The van der Waals surface area contributed by atoms with E-state index in [0.29, 0.717) is 12.1 Å². The quantitative estimate of drug-likeness (QED) is 0.635. The van der Waals surface area contributed by atoms with E-state index in [0.717, 1.165) is 16.5 Å². The molecular weight excluding hydrogens is 260 g/mol. The summed E-state index contributed by atoms with van der Waals surface area (Å²) >= 11 is 0. The number of hydrogen-bond acceptors (Lipinski definition) is 4. The largest absolute Gasteiger partial charge is 0.394 e. The zero-order valence-corrected chi connectivity index (χ0v) is 11.5. The lowest BCUT2D eigenvalue weighted by molar-refractivity contribution is -0.685. The average molecular weight is 279 g/mol. The Labute approximate surface area is 116 Å². The number of aromatic nitrogens is 2. The molecule has 2 aromatic rings. The van der Waals surface area contributed by atoms with Crippen molar-refractivity contribution in [2.75, 3.05) is 6.61 Å². The Kier molecular flexibility index (Phi) is 3.25. The number of hydrogen-bond donors (Lipinski definition) is 3. The SMILES string of the molecule is Cn1cc2c3c([n+](C)ccc31)[C@H](O)O[C@H]([C@@H](O)CO)C2. The summed E-state index contributed by atoms with van der Waals surface area (Å²) in [6, 6.07) is 1.98. The summed E-state index contributed by atoms with van der Waals surface area (Å²) in [7, 11) is 3.79. The van der Waals surface area contributed by atoms with Crippen molar-refractivity contribution in [2.45, 2.75) is 24.9 Å². The van der Waals surface area contributed by atoms with Gasteiger partial charge in [-0.15, -0.1) is 0 Å². The van der Waals surface area contributed by atoms with Crippen molar-refractivity contribution in [1.82, 2.24) is 4.57 Å². The van der Waals surface area contributed by atoms with Crippen molar-refractivity contribution in [3.63, 3.8) is 0 Å². The Hall–Kier alpha value is -1.47. The number of aryl methyl sites for hydroxylation is 2. The maximum Gasteiger partial charge on any atom is 0.247 e. The standard InChI is InChI=1S/C14H19N2O4/c1-15-4-3-9-12-8(6-16(9)2)5-11(10(18)7-17)20-14(19)13(12)15/h3-4,6,10-11,14,17-19H,5,7H2,1-2H3/q+1/t10-,11-,14+/m0/s1. The van der Waals surface area contributed by atoms with Gasteiger partial charge in [-0.3, -0.25) is 0 Å². The third-order valence-corrected chi connectivity index (χ3v) is 3.97. The van der Waals surface area contributed by atoms with E-state index < -0.39 is 25.1 Å². The van der Waals surface area contributed by atoms with Gasteiger partial charge < -0.3 is 24.6 Å². The van der Waals surface area contributed by atoms with Crippen LogP contribution in [0.15, 0.2) is 18.5 Å². The number of aliphatic hydroxyl groups excluding tert-OH is 3. The van der Waals surface area contributed by atoms with Gasteiger partial charge >= 0.3 is 0 Å². The average Bonchev–Trinajstić information content (AvgIpc) is 2.64. The van der Waals surface area contributed by atoms with E-state index in [1.165, 1.54) is 0 Å². The van der Waals surface area contributed by atoms with Gasteiger partial charge in [0.2, 0.25) is 12.0 Å². The van der Waals surface area contributed by atoms with Gasteiger partial charge in [0.15, 0.2) is 6.20 Å². The van der Waals surface area contributed by atoms with Crippen LogP contribution in [0.25, 0.3) is 10.9 Å². The van der Waals surface area contributed by atoms with Crippen molar-refractivity contribution in [1.29, 1.82) is 0 Å². The molecule has 3 rings (SSSR count). The number of aliphatic hydroxyl groups is 3. The Morgan fingerprint density at radius 1 is 1.55 bits per heavy atom. The smallest absolute Gasteiger partial charge is 0.247 e. The van der Waals surface area contributed by atoms with Gasteiger partial charge in [0.1, 0.15) is 13.2 Å². The van der Waals surface area contributed by atoms with E-state index >= 15 is 0 Å². The molecule has 0 amide bonds. The highest BCUT2D eigenvalue weighted by Crippen LogP contribution is 2.32. The summed E-state index contributed by atoms with van der Waals surface area (Å²) in [5.41, 5.74) is 2.68. The monoisotopic (exact) mass is 279 g/mol. The molecule has 1 aliphatic heterocycles. The van der Waals surface area contributed by atoms with E-state index in [9.17, 15) is 10.2 Å². The summed E-state index contributed by atoms with van der Waals surface area (Å²) in [6.07, 6.45) is 1.53. The first-order valence-corrected chi connectivity index (χ1v) is 6.61. The van der Waals surface area contributed by atoms with Crippen LogP contribution in [0.2, 0.25) is 0 Å². The highest BCUT2D eigenvalue weighted by Gasteiger charge is 2.35. The first kappa shape index (κ1) is 13.5. The molecule has 0 aromatic carbocycles. The molecule has 0 radical (unpaired) electrons. The minimum absolute atomic E-state index is 0.393. The summed E-state index contributed by atoms with van der Waals surface area (Å²) in [4.78, 5) is 0.